The Morgan fingerprint density at radius 3 is 2.10 bits per heavy atom. The lowest BCUT2D eigenvalue weighted by Crippen LogP contribution is -2.50. The summed E-state index contributed by atoms with van der Waals surface area (Å²) >= 11 is 0. The van der Waals surface area contributed by atoms with Gasteiger partial charge in [0.25, 0.3) is 0 Å². The van der Waals surface area contributed by atoms with Crippen LogP contribution in [0.5, 0.6) is 0 Å². The van der Waals surface area contributed by atoms with Crippen molar-refractivity contribution in [3.63, 3.8) is 0 Å². The molecule has 0 bridgehead atoms. The van der Waals surface area contributed by atoms with E-state index in [9.17, 15) is 0 Å². The molecule has 0 saturated carbocycles. The van der Waals surface area contributed by atoms with Crippen LogP contribution in [0.25, 0.3) is 38.2 Å². The predicted molar refractivity (Wildman–Crippen MR) is 227 cm³/mol. The van der Waals surface area contributed by atoms with Gasteiger partial charge in [-0.1, -0.05) is 94.2 Å². The van der Waals surface area contributed by atoms with E-state index in [0.717, 1.165) is 25.9 Å². The lowest BCUT2D eigenvalue weighted by molar-refractivity contribution is -0.484. The van der Waals surface area contributed by atoms with Crippen molar-refractivity contribution < 1.29 is 4.58 Å². The van der Waals surface area contributed by atoms with Gasteiger partial charge in [0, 0.05) is 31.4 Å². The molecule has 7 rings (SSSR count). The highest BCUT2D eigenvalue weighted by Crippen LogP contribution is 2.44. The van der Waals surface area contributed by atoms with Crippen molar-refractivity contribution in [2.24, 2.45) is 0 Å². The fraction of sp³-hybridized carbons (Fsp3) is 0.229. The number of benzene rings is 5. The third-order valence-corrected chi connectivity index (χ3v) is 14.9. The molecular weight excluding hydrogens is 633 g/mol. The first kappa shape index (κ1) is 34.5. The minimum Gasteiger partial charge on any atom is -0.371 e. The second kappa shape index (κ2) is 13.6. The SMILES string of the molecule is C=CCN(C)c1ccc2c(c1)[Si](C)(C)C1=CC(=[N+](C)CC=C)C=CC1=C2c1cc(-c2ccc3c(CC)c4ccccc4c(CC)c3c2)ccc1C. The van der Waals surface area contributed by atoms with Gasteiger partial charge >= 0.3 is 0 Å². The third-order valence-electron chi connectivity index (χ3n) is 11.4. The molecule has 5 aromatic rings. The molecule has 0 unspecified atom stereocenters. The second-order valence-corrected chi connectivity index (χ2v) is 19.1. The number of allylic oxidation sites excluding steroid dienone is 5. The highest BCUT2D eigenvalue weighted by Gasteiger charge is 2.40. The summed E-state index contributed by atoms with van der Waals surface area (Å²) in [6.07, 6.45) is 13.1. The maximum absolute atomic E-state index is 4.01. The van der Waals surface area contributed by atoms with E-state index in [2.05, 4.69) is 168 Å². The quantitative estimate of drug-likeness (QED) is 0.0649. The fourth-order valence-corrected chi connectivity index (χ4v) is 11.6. The van der Waals surface area contributed by atoms with Crippen LogP contribution in [-0.2, 0) is 12.8 Å². The van der Waals surface area contributed by atoms with Gasteiger partial charge in [0.15, 0.2) is 12.3 Å². The van der Waals surface area contributed by atoms with Crippen molar-refractivity contribution in [3.8, 4) is 11.1 Å². The molecule has 51 heavy (non-hydrogen) atoms. The van der Waals surface area contributed by atoms with E-state index in [0.29, 0.717) is 0 Å². The summed E-state index contributed by atoms with van der Waals surface area (Å²) in [6, 6.07) is 30.4. The fourth-order valence-electron chi connectivity index (χ4n) is 8.56. The van der Waals surface area contributed by atoms with E-state index in [1.54, 1.807) is 0 Å². The van der Waals surface area contributed by atoms with Gasteiger partial charge in [-0.05, 0) is 138 Å². The summed E-state index contributed by atoms with van der Waals surface area (Å²) < 4.78 is 2.30. The van der Waals surface area contributed by atoms with Crippen molar-refractivity contribution in [2.75, 3.05) is 32.1 Å². The van der Waals surface area contributed by atoms with Gasteiger partial charge in [0.2, 0.25) is 0 Å². The van der Waals surface area contributed by atoms with Gasteiger partial charge in [-0.3, -0.25) is 0 Å². The van der Waals surface area contributed by atoms with Crippen molar-refractivity contribution in [2.45, 2.75) is 46.7 Å². The summed E-state index contributed by atoms with van der Waals surface area (Å²) in [6.45, 7) is 21.5. The van der Waals surface area contributed by atoms with E-state index in [-0.39, 0.29) is 0 Å². The summed E-state index contributed by atoms with van der Waals surface area (Å²) in [5.41, 5.74) is 14.6. The van der Waals surface area contributed by atoms with Crippen LogP contribution in [0.15, 0.2) is 133 Å². The van der Waals surface area contributed by atoms with E-state index in [4.69, 9.17) is 0 Å². The minimum absolute atomic E-state index is 0.812. The number of nitrogens with zero attached hydrogens (tertiary/aromatic N) is 2. The summed E-state index contributed by atoms with van der Waals surface area (Å²) in [4.78, 5) is 2.30. The molecule has 1 aliphatic carbocycles. The summed E-state index contributed by atoms with van der Waals surface area (Å²) in [5.74, 6) is 0. The van der Waals surface area contributed by atoms with Crippen molar-refractivity contribution in [1.29, 1.82) is 0 Å². The smallest absolute Gasteiger partial charge is 0.199 e. The molecule has 0 radical (unpaired) electrons. The van der Waals surface area contributed by atoms with Crippen LogP contribution in [0.4, 0.5) is 5.69 Å². The molecule has 256 valence electrons. The van der Waals surface area contributed by atoms with Crippen molar-refractivity contribution in [1.82, 2.24) is 0 Å². The third kappa shape index (κ3) is 5.78. The average molecular weight is 684 g/mol. The Labute approximate surface area is 306 Å². The molecule has 0 amide bonds. The van der Waals surface area contributed by atoms with E-state index < -0.39 is 8.07 Å². The molecule has 5 aromatic carbocycles. The van der Waals surface area contributed by atoms with Crippen LogP contribution < -0.4 is 10.1 Å². The van der Waals surface area contributed by atoms with Crippen LogP contribution in [0.3, 0.4) is 0 Å². The normalized spacial score (nSPS) is 15.8. The van der Waals surface area contributed by atoms with Gasteiger partial charge < -0.3 is 4.90 Å². The summed E-state index contributed by atoms with van der Waals surface area (Å²) in [7, 11) is 2.22. The molecule has 0 fully saturated rings. The zero-order valence-corrected chi connectivity index (χ0v) is 32.5. The molecule has 1 aliphatic heterocycles. The van der Waals surface area contributed by atoms with Crippen LogP contribution in [0, 0.1) is 6.92 Å². The van der Waals surface area contributed by atoms with Crippen LogP contribution in [0.1, 0.15) is 41.7 Å². The molecule has 0 aromatic heterocycles. The van der Waals surface area contributed by atoms with Gasteiger partial charge in [-0.25, -0.2) is 4.58 Å². The number of fused-ring (bicyclic) bond motifs is 4. The van der Waals surface area contributed by atoms with Crippen molar-refractivity contribution >= 4 is 51.8 Å². The number of hydrogen-bond acceptors (Lipinski definition) is 1. The topological polar surface area (TPSA) is 6.25 Å². The maximum Gasteiger partial charge on any atom is 0.199 e. The Kier molecular flexibility index (Phi) is 9.20. The molecule has 2 nitrogen and oxygen atoms in total. The van der Waals surface area contributed by atoms with E-state index >= 15 is 0 Å². The molecule has 1 heterocycles. The zero-order valence-electron chi connectivity index (χ0n) is 31.5. The standard InChI is InChI=1S/C48H51N2Si/c1-10-26-49(6)35-21-24-42-46(30-35)51(8,9)47-31-36(50(7)27-11-2)22-25-43(47)48(42)44-28-33(19-18-32(44)5)34-20-23-41-37(12-3)39-16-14-15-17-40(39)38(13-4)45(41)29-34/h10-11,14-25,28-31H,1-2,12-13,26-27H2,3-9H3/q+1. The Morgan fingerprint density at radius 2 is 1.41 bits per heavy atom. The lowest BCUT2D eigenvalue weighted by Gasteiger charge is -2.38. The number of aryl methyl sites for hydroxylation is 3. The number of hydrogen-bond donors (Lipinski definition) is 0. The second-order valence-electron chi connectivity index (χ2n) is 14.8. The monoisotopic (exact) mass is 683 g/mol. The van der Waals surface area contributed by atoms with Gasteiger partial charge in [-0.2, -0.15) is 0 Å². The Hall–Kier alpha value is -4.99. The highest BCUT2D eigenvalue weighted by molar-refractivity contribution is 6.98. The zero-order chi connectivity index (χ0) is 36.0. The van der Waals surface area contributed by atoms with E-state index in [1.807, 2.05) is 12.2 Å². The maximum atomic E-state index is 4.01. The minimum atomic E-state index is -2.10. The molecule has 0 saturated heterocycles. The number of anilines is 1. The molecule has 2 aliphatic rings. The first-order valence-corrected chi connectivity index (χ1v) is 21.5. The van der Waals surface area contributed by atoms with Crippen LogP contribution >= 0.6 is 0 Å². The Balaban J connectivity index is 1.47. The van der Waals surface area contributed by atoms with Crippen molar-refractivity contribution in [3.05, 3.63) is 161 Å². The predicted octanol–water partition coefficient (Wildman–Crippen LogP) is 10.8. The summed E-state index contributed by atoms with van der Waals surface area (Å²) in [5, 5.41) is 8.53. The molecular formula is C48H51N2Si+. The highest BCUT2D eigenvalue weighted by atomic mass is 28.3. The Morgan fingerprint density at radius 1 is 0.745 bits per heavy atom. The molecule has 0 atom stereocenters. The first-order valence-electron chi connectivity index (χ1n) is 18.5. The molecule has 3 heteroatoms. The van der Waals surface area contributed by atoms with E-state index in [1.165, 1.54) is 93.4 Å². The molecule has 0 N–H and O–H groups in total. The largest absolute Gasteiger partial charge is 0.371 e. The first-order chi connectivity index (χ1) is 24.6. The Bertz CT molecular complexity index is 2380. The van der Waals surface area contributed by atoms with Gasteiger partial charge in [0.1, 0.15) is 15.1 Å². The lowest BCUT2D eigenvalue weighted by atomic mass is 9.85. The molecule has 0 spiro atoms. The van der Waals surface area contributed by atoms with Crippen LogP contribution in [0.2, 0.25) is 13.1 Å². The van der Waals surface area contributed by atoms with Gasteiger partial charge in [-0.15, -0.1) is 6.58 Å². The number of likely N-dealkylation sites (N-methyl/N-ethyl adjacent to an activating group) is 2. The van der Waals surface area contributed by atoms with Gasteiger partial charge in [0.05, 0.1) is 0 Å². The number of rotatable bonds is 9. The average Bonchev–Trinajstić information content (AvgIpc) is 3.14. The van der Waals surface area contributed by atoms with Crippen LogP contribution in [-0.4, -0.2) is 45.5 Å².